The van der Waals surface area contributed by atoms with Crippen LogP contribution in [0.1, 0.15) is 19.3 Å². The Balaban J connectivity index is 3.39. The molecule has 0 aromatic carbocycles. The molecule has 0 saturated carbocycles. The third-order valence-electron chi connectivity index (χ3n) is 3.31. The summed E-state index contributed by atoms with van der Waals surface area (Å²) in [6.07, 6.45) is 1.19. The molecule has 0 unspecified atom stereocenters. The molecule has 0 heterocycles. The number of carbonyl (C=O) groups is 3. The Morgan fingerprint density at radius 2 is 1.61 bits per heavy atom. The zero-order valence-corrected chi connectivity index (χ0v) is 17.0. The Morgan fingerprint density at radius 1 is 0.857 bits per heavy atom. The standard InChI is InChI=1S/C17H33N3O8/c1-18-15(21)5-10-25-11-12-28-19-16(22)13-26-7-4-8-27-14-20(2)17(23)6-9-24-3/h4-14H2,1-3H3,(H,18,21)(H,19,22). The van der Waals surface area contributed by atoms with Gasteiger partial charge in [0.05, 0.1) is 39.5 Å². The predicted molar refractivity (Wildman–Crippen MR) is 99.1 cm³/mol. The predicted octanol–water partition coefficient (Wildman–Crippen LogP) is -0.937. The van der Waals surface area contributed by atoms with Crippen LogP contribution in [-0.2, 0) is 38.2 Å². The average molecular weight is 407 g/mol. The quantitative estimate of drug-likeness (QED) is 0.170. The second-order valence-corrected chi connectivity index (χ2v) is 5.69. The monoisotopic (exact) mass is 407 g/mol. The van der Waals surface area contributed by atoms with Crippen LogP contribution in [0.15, 0.2) is 0 Å². The first kappa shape index (κ1) is 26.2. The fourth-order valence-corrected chi connectivity index (χ4v) is 1.74. The number of carbonyl (C=O) groups excluding carboxylic acids is 3. The maximum Gasteiger partial charge on any atom is 0.269 e. The third kappa shape index (κ3) is 16.4. The lowest BCUT2D eigenvalue weighted by Crippen LogP contribution is -2.30. The molecule has 0 radical (unpaired) electrons. The fraction of sp³-hybridized carbons (Fsp3) is 0.824. The van der Waals surface area contributed by atoms with E-state index in [0.717, 1.165) is 0 Å². The summed E-state index contributed by atoms with van der Waals surface area (Å²) in [5.41, 5.74) is 2.23. The number of rotatable bonds is 18. The van der Waals surface area contributed by atoms with Crippen LogP contribution in [0.3, 0.4) is 0 Å². The normalized spacial score (nSPS) is 10.5. The lowest BCUT2D eigenvalue weighted by Gasteiger charge is -2.17. The number of amides is 3. The van der Waals surface area contributed by atoms with Gasteiger partial charge >= 0.3 is 0 Å². The van der Waals surface area contributed by atoms with E-state index in [1.165, 1.54) is 4.90 Å². The van der Waals surface area contributed by atoms with Crippen molar-refractivity contribution in [3.8, 4) is 0 Å². The molecule has 0 aromatic heterocycles. The van der Waals surface area contributed by atoms with E-state index in [2.05, 4.69) is 10.8 Å². The summed E-state index contributed by atoms with van der Waals surface area (Å²) in [6.45, 7) is 1.92. The number of nitrogens with one attached hydrogen (secondary N) is 2. The maximum absolute atomic E-state index is 11.6. The summed E-state index contributed by atoms with van der Waals surface area (Å²) in [5.74, 6) is -0.555. The molecule has 11 nitrogen and oxygen atoms in total. The van der Waals surface area contributed by atoms with E-state index >= 15 is 0 Å². The molecule has 0 aliphatic rings. The highest BCUT2D eigenvalue weighted by atomic mass is 16.7. The van der Waals surface area contributed by atoms with Crippen LogP contribution in [-0.4, -0.2) is 96.8 Å². The Morgan fingerprint density at radius 3 is 2.32 bits per heavy atom. The number of ether oxygens (including phenoxy) is 4. The molecule has 0 spiro atoms. The van der Waals surface area contributed by atoms with Crippen molar-refractivity contribution in [3.63, 3.8) is 0 Å². The van der Waals surface area contributed by atoms with Crippen LogP contribution < -0.4 is 10.8 Å². The Labute approximate surface area is 165 Å². The summed E-state index contributed by atoms with van der Waals surface area (Å²) in [7, 11) is 4.76. The van der Waals surface area contributed by atoms with E-state index in [-0.39, 0.29) is 44.8 Å². The number of hydrogen-bond acceptors (Lipinski definition) is 8. The first-order chi connectivity index (χ1) is 13.5. The van der Waals surface area contributed by atoms with Crippen LogP contribution >= 0.6 is 0 Å². The lowest BCUT2D eigenvalue weighted by atomic mass is 10.4. The van der Waals surface area contributed by atoms with Gasteiger partial charge in [0.1, 0.15) is 13.3 Å². The van der Waals surface area contributed by atoms with E-state index in [1.807, 2.05) is 0 Å². The van der Waals surface area contributed by atoms with Gasteiger partial charge in [-0.1, -0.05) is 0 Å². The second kappa shape index (κ2) is 18.6. The molecule has 2 N–H and O–H groups in total. The molecule has 0 rings (SSSR count). The van der Waals surface area contributed by atoms with Crippen molar-refractivity contribution in [3.05, 3.63) is 0 Å². The molecule has 0 aliphatic heterocycles. The van der Waals surface area contributed by atoms with Crippen LogP contribution in [0.2, 0.25) is 0 Å². The van der Waals surface area contributed by atoms with Gasteiger partial charge in [-0.15, -0.1) is 0 Å². The molecular weight excluding hydrogens is 374 g/mol. The van der Waals surface area contributed by atoms with Gasteiger partial charge in [0.15, 0.2) is 0 Å². The smallest absolute Gasteiger partial charge is 0.269 e. The third-order valence-corrected chi connectivity index (χ3v) is 3.31. The zero-order chi connectivity index (χ0) is 21.0. The maximum atomic E-state index is 11.6. The zero-order valence-electron chi connectivity index (χ0n) is 17.0. The van der Waals surface area contributed by atoms with Gasteiger partial charge in [0.2, 0.25) is 11.8 Å². The van der Waals surface area contributed by atoms with Crippen LogP contribution in [0.25, 0.3) is 0 Å². The van der Waals surface area contributed by atoms with Crippen molar-refractivity contribution >= 4 is 17.7 Å². The second-order valence-electron chi connectivity index (χ2n) is 5.69. The van der Waals surface area contributed by atoms with Crippen molar-refractivity contribution in [2.45, 2.75) is 19.3 Å². The lowest BCUT2D eigenvalue weighted by molar-refractivity contribution is -0.140. The number of hydroxylamine groups is 1. The Hall–Kier alpha value is -1.79. The summed E-state index contributed by atoms with van der Waals surface area (Å²) < 4.78 is 20.6. The SMILES string of the molecule is CNC(=O)CCOCCONC(=O)COCCCOCN(C)C(=O)CCOC. The molecule has 0 atom stereocenters. The topological polar surface area (TPSA) is 125 Å². The largest absolute Gasteiger partial charge is 0.384 e. The number of methoxy groups -OCH3 is 1. The molecule has 0 aromatic rings. The van der Waals surface area contributed by atoms with Crippen molar-refractivity contribution in [1.29, 1.82) is 0 Å². The minimum absolute atomic E-state index is 0.0494. The van der Waals surface area contributed by atoms with Gasteiger partial charge in [-0.3, -0.25) is 19.2 Å². The van der Waals surface area contributed by atoms with Crippen molar-refractivity contribution in [2.75, 3.05) is 74.2 Å². The molecule has 0 aliphatic carbocycles. The summed E-state index contributed by atoms with van der Waals surface area (Å²) in [5, 5.41) is 2.48. The molecule has 3 amide bonds. The minimum atomic E-state index is -0.408. The summed E-state index contributed by atoms with van der Waals surface area (Å²) in [4.78, 5) is 40.4. The number of nitrogens with zero attached hydrogens (tertiary/aromatic N) is 1. The highest BCUT2D eigenvalue weighted by Crippen LogP contribution is 1.93. The molecule has 0 saturated heterocycles. The molecule has 0 bridgehead atoms. The molecule has 0 fully saturated rings. The molecule has 164 valence electrons. The molecule has 28 heavy (non-hydrogen) atoms. The van der Waals surface area contributed by atoms with Crippen LogP contribution in [0.5, 0.6) is 0 Å². The minimum Gasteiger partial charge on any atom is -0.384 e. The van der Waals surface area contributed by atoms with Gasteiger partial charge in [-0.05, 0) is 6.42 Å². The van der Waals surface area contributed by atoms with Gasteiger partial charge in [-0.2, -0.15) is 0 Å². The van der Waals surface area contributed by atoms with Gasteiger partial charge in [0, 0.05) is 34.2 Å². The first-order valence-corrected chi connectivity index (χ1v) is 9.08. The fourth-order valence-electron chi connectivity index (χ4n) is 1.74. The van der Waals surface area contributed by atoms with Crippen molar-refractivity contribution in [2.24, 2.45) is 0 Å². The van der Waals surface area contributed by atoms with E-state index < -0.39 is 5.91 Å². The van der Waals surface area contributed by atoms with Crippen molar-refractivity contribution < 1.29 is 38.2 Å². The molecular formula is C17H33N3O8. The Kier molecular flexibility index (Phi) is 17.4. The van der Waals surface area contributed by atoms with Gasteiger partial charge < -0.3 is 29.2 Å². The Bertz CT molecular complexity index is 437. The average Bonchev–Trinajstić information content (AvgIpc) is 2.69. The van der Waals surface area contributed by atoms with E-state index in [1.54, 1.807) is 21.2 Å². The van der Waals surface area contributed by atoms with E-state index in [4.69, 9.17) is 23.8 Å². The summed E-state index contributed by atoms with van der Waals surface area (Å²) in [6, 6.07) is 0. The summed E-state index contributed by atoms with van der Waals surface area (Å²) >= 11 is 0. The van der Waals surface area contributed by atoms with E-state index in [9.17, 15) is 14.4 Å². The van der Waals surface area contributed by atoms with Crippen molar-refractivity contribution in [1.82, 2.24) is 15.7 Å². The highest BCUT2D eigenvalue weighted by molar-refractivity contribution is 5.76. The van der Waals surface area contributed by atoms with Crippen LogP contribution in [0, 0.1) is 0 Å². The van der Waals surface area contributed by atoms with Gasteiger partial charge in [-0.25, -0.2) is 5.48 Å². The highest BCUT2D eigenvalue weighted by Gasteiger charge is 2.07. The number of hydrogen-bond donors (Lipinski definition) is 2. The van der Waals surface area contributed by atoms with E-state index in [0.29, 0.717) is 39.3 Å². The van der Waals surface area contributed by atoms with Crippen LogP contribution in [0.4, 0.5) is 0 Å². The van der Waals surface area contributed by atoms with Gasteiger partial charge in [0.25, 0.3) is 5.91 Å². The first-order valence-electron chi connectivity index (χ1n) is 9.08. The molecule has 11 heteroatoms.